The van der Waals surface area contributed by atoms with E-state index in [0.717, 1.165) is 15.6 Å². The Morgan fingerprint density at radius 1 is 0.927 bits per heavy atom. The lowest BCUT2D eigenvalue weighted by molar-refractivity contribution is -0.141. The summed E-state index contributed by atoms with van der Waals surface area (Å²) in [6, 6.07) is 9.67. The van der Waals surface area contributed by atoms with Crippen molar-refractivity contribution in [3.63, 3.8) is 0 Å². The number of anilines is 1. The zero-order chi connectivity index (χ0) is 39.8. The summed E-state index contributed by atoms with van der Waals surface area (Å²) in [7, 11) is 1.22. The fourth-order valence-electron chi connectivity index (χ4n) is 6.30. The first-order valence-corrected chi connectivity index (χ1v) is 17.0. The summed E-state index contributed by atoms with van der Waals surface area (Å²) in [5.74, 6) is -3.25. The highest BCUT2D eigenvalue weighted by Crippen LogP contribution is 2.47. The number of piperidine rings is 1. The summed E-state index contributed by atoms with van der Waals surface area (Å²) in [6.45, 7) is 0.392. The van der Waals surface area contributed by atoms with Crippen LogP contribution in [0.3, 0.4) is 0 Å². The maximum absolute atomic E-state index is 13.8. The molecule has 3 aromatic carbocycles. The van der Waals surface area contributed by atoms with Crippen LogP contribution < -0.4 is 15.4 Å². The van der Waals surface area contributed by atoms with Crippen molar-refractivity contribution in [1.82, 2.24) is 20.0 Å². The molecular formula is C36H30ClF6N5O7. The van der Waals surface area contributed by atoms with Crippen LogP contribution in [0.5, 0.6) is 11.5 Å². The van der Waals surface area contributed by atoms with Crippen LogP contribution in [0.15, 0.2) is 54.6 Å². The second-order valence-corrected chi connectivity index (χ2v) is 12.9. The molecule has 1 aromatic heterocycles. The van der Waals surface area contributed by atoms with E-state index in [1.54, 1.807) is 12.1 Å². The average molecular weight is 794 g/mol. The third-order valence-electron chi connectivity index (χ3n) is 8.87. The Hall–Kier alpha value is -5.62. The van der Waals surface area contributed by atoms with Gasteiger partial charge in [-0.2, -0.15) is 31.4 Å². The van der Waals surface area contributed by atoms with Crippen molar-refractivity contribution in [3.8, 4) is 33.9 Å². The number of halogens is 7. The van der Waals surface area contributed by atoms with E-state index in [1.807, 2.05) is 0 Å². The molecule has 4 aromatic rings. The Balaban J connectivity index is 1.10. The molecule has 6 rings (SSSR count). The second kappa shape index (κ2) is 15.3. The highest BCUT2D eigenvalue weighted by Gasteiger charge is 2.45. The van der Waals surface area contributed by atoms with Crippen molar-refractivity contribution >= 4 is 40.9 Å². The first-order chi connectivity index (χ1) is 26.0. The van der Waals surface area contributed by atoms with E-state index in [0.29, 0.717) is 17.8 Å². The molecule has 1 fully saturated rings. The number of carbonyl (C=O) groups is 4. The number of alkyl halides is 6. The summed E-state index contributed by atoms with van der Waals surface area (Å²) in [5, 5.41) is 19.4. The number of nitrogens with zero attached hydrogens (tertiary/aromatic N) is 3. The zero-order valence-corrected chi connectivity index (χ0v) is 29.4. The SMILES string of the molecule is Cn1nc(C(F)(F)F)cc1-c1ccc(OCCCOCCNc2cccc3c2C(=O)N(C2CCC(=O)NC2=O)C3=O)c(-c2ccc(Cl)c(C(F)(F)F)c2)c1O. The molecule has 1 saturated heterocycles. The van der Waals surface area contributed by atoms with Gasteiger partial charge in [0.15, 0.2) is 5.69 Å². The van der Waals surface area contributed by atoms with Crippen LogP contribution in [0.1, 0.15) is 51.2 Å². The number of amides is 4. The van der Waals surface area contributed by atoms with Crippen LogP contribution >= 0.6 is 11.6 Å². The molecule has 19 heteroatoms. The fraction of sp³-hybridized carbons (Fsp3) is 0.306. The van der Waals surface area contributed by atoms with Gasteiger partial charge >= 0.3 is 12.4 Å². The summed E-state index contributed by atoms with van der Waals surface area (Å²) in [5.41, 5.74) is -2.60. The Labute approximate surface area is 312 Å². The molecule has 0 saturated carbocycles. The van der Waals surface area contributed by atoms with E-state index in [9.17, 15) is 50.6 Å². The smallest absolute Gasteiger partial charge is 0.435 e. The third kappa shape index (κ3) is 7.95. The van der Waals surface area contributed by atoms with E-state index in [-0.39, 0.29) is 84.9 Å². The minimum atomic E-state index is -4.86. The monoisotopic (exact) mass is 793 g/mol. The molecule has 3 N–H and O–H groups in total. The third-order valence-corrected chi connectivity index (χ3v) is 9.20. The number of hydrogen-bond acceptors (Lipinski definition) is 9. The van der Waals surface area contributed by atoms with E-state index in [2.05, 4.69) is 15.7 Å². The van der Waals surface area contributed by atoms with Crippen LogP contribution in [-0.4, -0.2) is 75.8 Å². The van der Waals surface area contributed by atoms with Crippen LogP contribution in [0.2, 0.25) is 5.02 Å². The lowest BCUT2D eigenvalue weighted by atomic mass is 9.97. The number of phenols is 1. The number of rotatable bonds is 12. The van der Waals surface area contributed by atoms with Gasteiger partial charge in [0.1, 0.15) is 17.5 Å². The number of fused-ring (bicyclic) bond motifs is 1. The van der Waals surface area contributed by atoms with Crippen LogP contribution in [-0.2, 0) is 33.7 Å². The van der Waals surface area contributed by atoms with Gasteiger partial charge in [-0.1, -0.05) is 23.7 Å². The molecular weight excluding hydrogens is 764 g/mol. The summed E-state index contributed by atoms with van der Waals surface area (Å²) < 4.78 is 93.8. The van der Waals surface area contributed by atoms with Crippen LogP contribution in [0.25, 0.3) is 22.4 Å². The highest BCUT2D eigenvalue weighted by atomic mass is 35.5. The molecule has 1 unspecified atom stereocenters. The lowest BCUT2D eigenvalue weighted by Gasteiger charge is -2.27. The normalized spacial score (nSPS) is 16.1. The molecule has 290 valence electrons. The van der Waals surface area contributed by atoms with Gasteiger partial charge in [-0.25, -0.2) is 0 Å². The van der Waals surface area contributed by atoms with Crippen LogP contribution in [0.4, 0.5) is 32.0 Å². The van der Waals surface area contributed by atoms with E-state index < -0.39 is 64.1 Å². The standard InChI is InChI=1S/C36H30ClF6N5O7/c1-47-25(17-27(46-47)36(41,42)43)19-7-10-26(29(31(19)50)18-6-8-22(37)21(16-18)35(38,39)40)55-14-3-13-54-15-12-44-23-5-2-4-20-30(23)34(53)48(33(20)52)24-9-11-28(49)45-32(24)51/h2,4-8,10,16-17,24,44,50H,3,9,11-15H2,1H3,(H,45,49,51). The number of nitrogens with one attached hydrogen (secondary N) is 2. The molecule has 0 bridgehead atoms. The predicted molar refractivity (Wildman–Crippen MR) is 183 cm³/mol. The van der Waals surface area contributed by atoms with Crippen LogP contribution in [0, 0.1) is 0 Å². The van der Waals surface area contributed by atoms with Gasteiger partial charge in [0.05, 0.1) is 46.2 Å². The number of benzene rings is 3. The number of carbonyl (C=O) groups excluding carboxylic acids is 4. The number of ether oxygens (including phenoxy) is 2. The average Bonchev–Trinajstić information content (AvgIpc) is 3.63. The topological polar surface area (TPSA) is 152 Å². The lowest BCUT2D eigenvalue weighted by Crippen LogP contribution is -2.54. The Morgan fingerprint density at radius 2 is 1.69 bits per heavy atom. The van der Waals surface area contributed by atoms with E-state index >= 15 is 0 Å². The van der Waals surface area contributed by atoms with Crippen molar-refractivity contribution in [3.05, 3.63) is 82.0 Å². The van der Waals surface area contributed by atoms with Gasteiger partial charge in [-0.05, 0) is 54.4 Å². The van der Waals surface area contributed by atoms with Gasteiger partial charge in [0, 0.05) is 44.3 Å². The molecule has 12 nitrogen and oxygen atoms in total. The molecule has 3 heterocycles. The number of imide groups is 2. The zero-order valence-electron chi connectivity index (χ0n) is 28.6. The number of aryl methyl sites for hydroxylation is 1. The minimum Gasteiger partial charge on any atom is -0.506 e. The molecule has 2 aliphatic heterocycles. The summed E-state index contributed by atoms with van der Waals surface area (Å²) >= 11 is 5.81. The number of aromatic nitrogens is 2. The minimum absolute atomic E-state index is 0.0144. The van der Waals surface area contributed by atoms with E-state index in [1.165, 1.54) is 31.3 Å². The second-order valence-electron chi connectivity index (χ2n) is 12.5. The van der Waals surface area contributed by atoms with Gasteiger partial charge in [0.2, 0.25) is 11.8 Å². The molecule has 4 amide bonds. The van der Waals surface area contributed by atoms with Gasteiger partial charge in [-0.15, -0.1) is 0 Å². The van der Waals surface area contributed by atoms with Crippen molar-refractivity contribution < 1.29 is 60.1 Å². The number of hydrogen-bond donors (Lipinski definition) is 3. The summed E-state index contributed by atoms with van der Waals surface area (Å²) in [6.07, 6.45) is -9.40. The first kappa shape index (κ1) is 39.1. The van der Waals surface area contributed by atoms with Crippen molar-refractivity contribution in [2.75, 3.05) is 31.7 Å². The predicted octanol–water partition coefficient (Wildman–Crippen LogP) is 6.45. The Bertz CT molecular complexity index is 2190. The molecule has 1 atom stereocenters. The van der Waals surface area contributed by atoms with Gasteiger partial charge in [0.25, 0.3) is 11.8 Å². The van der Waals surface area contributed by atoms with Gasteiger partial charge in [-0.3, -0.25) is 34.1 Å². The molecule has 0 radical (unpaired) electrons. The highest BCUT2D eigenvalue weighted by molar-refractivity contribution is 6.31. The van der Waals surface area contributed by atoms with Crippen molar-refractivity contribution in [2.45, 2.75) is 37.7 Å². The maximum atomic E-state index is 13.8. The molecule has 0 spiro atoms. The quantitative estimate of drug-likeness (QED) is 0.0835. The van der Waals surface area contributed by atoms with Crippen molar-refractivity contribution in [1.29, 1.82) is 0 Å². The molecule has 2 aliphatic rings. The van der Waals surface area contributed by atoms with E-state index in [4.69, 9.17) is 21.1 Å². The van der Waals surface area contributed by atoms with Gasteiger partial charge < -0.3 is 19.9 Å². The fourth-order valence-corrected chi connectivity index (χ4v) is 6.52. The van der Waals surface area contributed by atoms with Crippen molar-refractivity contribution in [2.24, 2.45) is 7.05 Å². The maximum Gasteiger partial charge on any atom is 0.435 e. The molecule has 55 heavy (non-hydrogen) atoms. The largest absolute Gasteiger partial charge is 0.506 e. The number of aromatic hydroxyl groups is 1. The summed E-state index contributed by atoms with van der Waals surface area (Å²) in [4.78, 5) is 51.1. The molecule has 0 aliphatic carbocycles. The first-order valence-electron chi connectivity index (χ1n) is 16.6. The Kier molecular flexibility index (Phi) is 10.8. The number of phenolic OH excluding ortho intramolecular Hbond substituents is 1. The Morgan fingerprint density at radius 3 is 2.38 bits per heavy atom.